The van der Waals surface area contributed by atoms with Crippen molar-refractivity contribution in [1.82, 2.24) is 25.3 Å². The molecule has 0 saturated heterocycles. The van der Waals surface area contributed by atoms with E-state index < -0.39 is 0 Å². The largest absolute Gasteiger partial charge is 0.362 e. The van der Waals surface area contributed by atoms with Gasteiger partial charge < -0.3 is 5.32 Å². The van der Waals surface area contributed by atoms with Gasteiger partial charge in [-0.15, -0.1) is 14.8 Å². The summed E-state index contributed by atoms with van der Waals surface area (Å²) in [4.78, 5) is 0. The number of hydrogen-bond donors (Lipinski definition) is 1. The van der Waals surface area contributed by atoms with E-state index in [1.807, 2.05) is 30.3 Å². The Balaban J connectivity index is 1.52. The van der Waals surface area contributed by atoms with Crippen LogP contribution in [-0.4, -0.2) is 25.3 Å². The van der Waals surface area contributed by atoms with Gasteiger partial charge in [0.2, 0.25) is 0 Å². The summed E-state index contributed by atoms with van der Waals surface area (Å²) in [7, 11) is 0. The zero-order chi connectivity index (χ0) is 16.4. The third-order valence-electron chi connectivity index (χ3n) is 3.95. The van der Waals surface area contributed by atoms with Crippen molar-refractivity contribution in [2.75, 3.05) is 5.32 Å². The Morgan fingerprint density at radius 3 is 2.42 bits per heavy atom. The highest BCUT2D eigenvalue weighted by molar-refractivity contribution is 5.63. The third-order valence-corrected chi connectivity index (χ3v) is 3.95. The molecule has 6 nitrogen and oxygen atoms in total. The molecule has 4 aromatic rings. The zero-order valence-electron chi connectivity index (χ0n) is 13.2. The van der Waals surface area contributed by atoms with Gasteiger partial charge in [-0.2, -0.15) is 0 Å². The number of fused-ring (bicyclic) bond motifs is 1. The number of tetrazole rings is 1. The molecule has 1 atom stereocenters. The maximum absolute atomic E-state index is 4.34. The summed E-state index contributed by atoms with van der Waals surface area (Å²) in [6.45, 7) is 2.10. The summed E-state index contributed by atoms with van der Waals surface area (Å²) < 4.78 is 1.41. The highest BCUT2D eigenvalue weighted by Gasteiger charge is 2.08. The maximum atomic E-state index is 4.34. The van der Waals surface area contributed by atoms with Crippen molar-refractivity contribution in [2.45, 2.75) is 13.0 Å². The predicted octanol–water partition coefficient (Wildman–Crippen LogP) is 3.36. The second-order valence-corrected chi connectivity index (χ2v) is 5.60. The van der Waals surface area contributed by atoms with Crippen LogP contribution in [-0.2, 0) is 0 Å². The van der Waals surface area contributed by atoms with Crippen LogP contribution in [0.15, 0.2) is 66.7 Å². The van der Waals surface area contributed by atoms with E-state index in [4.69, 9.17) is 0 Å². The van der Waals surface area contributed by atoms with Crippen LogP contribution in [0.4, 0.5) is 5.82 Å². The lowest BCUT2D eigenvalue weighted by Gasteiger charge is -2.15. The molecule has 118 valence electrons. The van der Waals surface area contributed by atoms with Gasteiger partial charge >= 0.3 is 0 Å². The summed E-state index contributed by atoms with van der Waals surface area (Å²) in [5.74, 6) is 0.731. The first-order valence-electron chi connectivity index (χ1n) is 7.77. The van der Waals surface area contributed by atoms with Gasteiger partial charge in [-0.25, -0.2) is 0 Å². The minimum absolute atomic E-state index is 0.122. The Hall–Kier alpha value is -3.28. The van der Waals surface area contributed by atoms with Crippen LogP contribution < -0.4 is 5.32 Å². The molecule has 0 unspecified atom stereocenters. The molecule has 0 fully saturated rings. The van der Waals surface area contributed by atoms with E-state index in [0.29, 0.717) is 5.65 Å². The first kappa shape index (κ1) is 14.3. The topological polar surface area (TPSA) is 68.0 Å². The van der Waals surface area contributed by atoms with Gasteiger partial charge in [0.25, 0.3) is 0 Å². The van der Waals surface area contributed by atoms with E-state index in [9.17, 15) is 0 Å². The molecule has 0 aliphatic carbocycles. The average Bonchev–Trinajstić information content (AvgIpc) is 3.10. The highest BCUT2D eigenvalue weighted by atomic mass is 15.6. The van der Waals surface area contributed by atoms with Crippen molar-refractivity contribution in [1.29, 1.82) is 0 Å². The lowest BCUT2D eigenvalue weighted by Crippen LogP contribution is -2.09. The van der Waals surface area contributed by atoms with Gasteiger partial charge in [-0.05, 0) is 46.2 Å². The van der Waals surface area contributed by atoms with E-state index >= 15 is 0 Å². The van der Waals surface area contributed by atoms with E-state index in [-0.39, 0.29) is 6.04 Å². The number of anilines is 1. The molecular formula is C18H16N6. The molecule has 2 heterocycles. The van der Waals surface area contributed by atoms with E-state index in [2.05, 4.69) is 69.3 Å². The van der Waals surface area contributed by atoms with Gasteiger partial charge in [-0.3, -0.25) is 0 Å². The molecular weight excluding hydrogens is 300 g/mol. The standard InChI is InChI=1S/C18H16N6/c1-13(19-17-11-12-18-20-22-23-24(18)21-17)14-7-9-16(10-8-14)15-5-3-2-4-6-15/h2-13H,1H3,(H,19,21)/t13-/m0/s1. The summed E-state index contributed by atoms with van der Waals surface area (Å²) >= 11 is 0. The summed E-state index contributed by atoms with van der Waals surface area (Å²) in [5.41, 5.74) is 4.24. The third kappa shape index (κ3) is 2.81. The van der Waals surface area contributed by atoms with E-state index in [0.717, 1.165) is 5.82 Å². The van der Waals surface area contributed by atoms with Crippen molar-refractivity contribution in [3.63, 3.8) is 0 Å². The van der Waals surface area contributed by atoms with Gasteiger partial charge in [0.1, 0.15) is 5.82 Å². The van der Waals surface area contributed by atoms with Crippen LogP contribution in [0, 0.1) is 0 Å². The van der Waals surface area contributed by atoms with E-state index in [1.165, 1.54) is 21.3 Å². The maximum Gasteiger partial charge on any atom is 0.200 e. The molecule has 2 aromatic carbocycles. The summed E-state index contributed by atoms with van der Waals surface area (Å²) in [5, 5.41) is 19.0. The molecule has 24 heavy (non-hydrogen) atoms. The minimum atomic E-state index is 0.122. The average molecular weight is 316 g/mol. The van der Waals surface area contributed by atoms with Crippen LogP contribution >= 0.6 is 0 Å². The fourth-order valence-corrected chi connectivity index (χ4v) is 2.63. The molecule has 0 bridgehead atoms. The van der Waals surface area contributed by atoms with Crippen molar-refractivity contribution < 1.29 is 0 Å². The zero-order valence-corrected chi connectivity index (χ0v) is 13.2. The quantitative estimate of drug-likeness (QED) is 0.625. The number of rotatable bonds is 4. The molecule has 0 amide bonds. The second kappa shape index (κ2) is 6.08. The SMILES string of the molecule is C[C@H](Nc1ccc2nnnn2n1)c1ccc(-c2ccccc2)cc1. The predicted molar refractivity (Wildman–Crippen MR) is 92.5 cm³/mol. The molecule has 0 aliphatic rings. The fraction of sp³-hybridized carbons (Fsp3) is 0.111. The first-order chi connectivity index (χ1) is 11.8. The van der Waals surface area contributed by atoms with Crippen molar-refractivity contribution in [3.05, 3.63) is 72.3 Å². The van der Waals surface area contributed by atoms with Crippen LogP contribution in [0.1, 0.15) is 18.5 Å². The van der Waals surface area contributed by atoms with Crippen LogP contribution in [0.5, 0.6) is 0 Å². The van der Waals surface area contributed by atoms with Crippen molar-refractivity contribution in [2.24, 2.45) is 0 Å². The molecule has 2 aromatic heterocycles. The number of nitrogens with one attached hydrogen (secondary N) is 1. The molecule has 0 saturated carbocycles. The Morgan fingerprint density at radius 2 is 1.62 bits per heavy atom. The normalized spacial score (nSPS) is 12.2. The lowest BCUT2D eigenvalue weighted by molar-refractivity contribution is 0.728. The number of hydrogen-bond acceptors (Lipinski definition) is 5. The smallest absolute Gasteiger partial charge is 0.200 e. The molecule has 1 N–H and O–H groups in total. The Labute approximate surface area is 139 Å². The van der Waals surface area contributed by atoms with Crippen LogP contribution in [0.25, 0.3) is 16.8 Å². The van der Waals surface area contributed by atoms with Crippen molar-refractivity contribution >= 4 is 11.5 Å². The molecule has 0 radical (unpaired) electrons. The fourth-order valence-electron chi connectivity index (χ4n) is 2.63. The van der Waals surface area contributed by atoms with Gasteiger partial charge in [0, 0.05) is 6.04 Å². The van der Waals surface area contributed by atoms with Gasteiger partial charge in [-0.1, -0.05) is 54.6 Å². The van der Waals surface area contributed by atoms with Gasteiger partial charge in [0.05, 0.1) is 0 Å². The van der Waals surface area contributed by atoms with Gasteiger partial charge in [0.15, 0.2) is 5.65 Å². The Kier molecular flexibility index (Phi) is 3.63. The highest BCUT2D eigenvalue weighted by Crippen LogP contribution is 2.23. The second-order valence-electron chi connectivity index (χ2n) is 5.60. The van der Waals surface area contributed by atoms with Crippen molar-refractivity contribution in [3.8, 4) is 11.1 Å². The monoisotopic (exact) mass is 316 g/mol. The first-order valence-corrected chi connectivity index (χ1v) is 7.77. The summed E-state index contributed by atoms with van der Waals surface area (Å²) in [6, 6.07) is 22.7. The minimum Gasteiger partial charge on any atom is -0.362 e. The number of aromatic nitrogens is 5. The Bertz CT molecular complexity index is 946. The molecule has 6 heteroatoms. The summed E-state index contributed by atoms with van der Waals surface area (Å²) in [6.07, 6.45) is 0. The number of nitrogens with zero attached hydrogens (tertiary/aromatic N) is 5. The Morgan fingerprint density at radius 1 is 0.875 bits per heavy atom. The molecule has 0 spiro atoms. The molecule has 4 rings (SSSR count). The molecule has 0 aliphatic heterocycles. The lowest BCUT2D eigenvalue weighted by atomic mass is 10.0. The van der Waals surface area contributed by atoms with E-state index in [1.54, 1.807) is 0 Å². The van der Waals surface area contributed by atoms with Crippen LogP contribution in [0.2, 0.25) is 0 Å². The van der Waals surface area contributed by atoms with Crippen LogP contribution in [0.3, 0.4) is 0 Å². The number of benzene rings is 2.